The molecule has 1 amide bonds. The minimum absolute atomic E-state index is 0.145. The first-order valence-electron chi connectivity index (χ1n) is 9.15. The van der Waals surface area contributed by atoms with Gasteiger partial charge in [0.25, 0.3) is 0 Å². The molecule has 0 radical (unpaired) electrons. The number of anilines is 1. The minimum atomic E-state index is -0.412. The molecule has 1 N–H and O–H groups in total. The quantitative estimate of drug-likeness (QED) is 0.458. The number of pyridine rings is 1. The molecule has 0 saturated carbocycles. The number of aromatic nitrogens is 1. The van der Waals surface area contributed by atoms with Crippen molar-refractivity contribution in [2.24, 2.45) is 0 Å². The number of amides is 1. The summed E-state index contributed by atoms with van der Waals surface area (Å²) in [5.74, 6) is 0.493. The van der Waals surface area contributed by atoms with Crippen molar-refractivity contribution in [3.05, 3.63) is 59.7 Å². The Morgan fingerprint density at radius 1 is 1.10 bits per heavy atom. The van der Waals surface area contributed by atoms with Crippen LogP contribution in [-0.2, 0) is 9.53 Å². The highest BCUT2D eigenvalue weighted by molar-refractivity contribution is 8.00. The fourth-order valence-corrected chi connectivity index (χ4v) is 3.57. The van der Waals surface area contributed by atoms with E-state index >= 15 is 0 Å². The lowest BCUT2D eigenvalue weighted by Gasteiger charge is -2.09. The number of benzene rings is 2. The third-order valence-electron chi connectivity index (χ3n) is 4.17. The molecule has 6 nitrogen and oxygen atoms in total. The van der Waals surface area contributed by atoms with Crippen LogP contribution in [0.25, 0.3) is 10.9 Å². The van der Waals surface area contributed by atoms with Gasteiger partial charge < -0.3 is 14.8 Å². The average Bonchev–Trinajstić information content (AvgIpc) is 2.72. The van der Waals surface area contributed by atoms with E-state index in [0.717, 1.165) is 27.2 Å². The Morgan fingerprint density at radius 3 is 2.55 bits per heavy atom. The second-order valence-corrected chi connectivity index (χ2v) is 7.27. The summed E-state index contributed by atoms with van der Waals surface area (Å²) in [6, 6.07) is 14.4. The maximum absolute atomic E-state index is 12.3. The zero-order chi connectivity index (χ0) is 20.8. The molecule has 0 aliphatic rings. The Balaban J connectivity index is 1.63. The average molecular weight is 410 g/mol. The highest BCUT2D eigenvalue weighted by Crippen LogP contribution is 2.27. The van der Waals surface area contributed by atoms with E-state index in [1.165, 1.54) is 18.9 Å². The van der Waals surface area contributed by atoms with Crippen molar-refractivity contribution in [3.63, 3.8) is 0 Å². The summed E-state index contributed by atoms with van der Waals surface area (Å²) in [7, 11) is 1.33. The predicted molar refractivity (Wildman–Crippen MR) is 115 cm³/mol. The Labute approximate surface area is 173 Å². The van der Waals surface area contributed by atoms with Crippen molar-refractivity contribution < 1.29 is 19.1 Å². The second kappa shape index (κ2) is 9.43. The number of methoxy groups -OCH3 is 1. The second-order valence-electron chi connectivity index (χ2n) is 6.30. The molecule has 150 valence electrons. The number of fused-ring (bicyclic) bond motifs is 1. The van der Waals surface area contributed by atoms with Gasteiger partial charge in [0.1, 0.15) is 10.8 Å². The van der Waals surface area contributed by atoms with E-state index < -0.39 is 5.97 Å². The topological polar surface area (TPSA) is 77.5 Å². The molecule has 29 heavy (non-hydrogen) atoms. The van der Waals surface area contributed by atoms with Crippen LogP contribution in [0, 0.1) is 6.92 Å². The molecular formula is C22H22N2O4S. The monoisotopic (exact) mass is 410 g/mol. The van der Waals surface area contributed by atoms with E-state index in [4.69, 9.17) is 4.74 Å². The number of ether oxygens (including phenoxy) is 2. The van der Waals surface area contributed by atoms with Crippen LogP contribution in [0.5, 0.6) is 5.75 Å². The van der Waals surface area contributed by atoms with E-state index in [0.29, 0.717) is 17.9 Å². The van der Waals surface area contributed by atoms with Crippen LogP contribution in [0.4, 0.5) is 5.69 Å². The summed E-state index contributed by atoms with van der Waals surface area (Å²) < 4.78 is 10.2. The lowest BCUT2D eigenvalue weighted by Crippen LogP contribution is -2.14. The van der Waals surface area contributed by atoms with Crippen LogP contribution in [0.1, 0.15) is 22.8 Å². The van der Waals surface area contributed by atoms with E-state index in [1.807, 2.05) is 32.0 Å². The highest BCUT2D eigenvalue weighted by atomic mass is 32.2. The molecule has 0 bridgehead atoms. The lowest BCUT2D eigenvalue weighted by atomic mass is 10.1. The third-order valence-corrected chi connectivity index (χ3v) is 5.26. The first-order valence-corrected chi connectivity index (χ1v) is 10.1. The van der Waals surface area contributed by atoms with Gasteiger partial charge >= 0.3 is 5.97 Å². The zero-order valence-corrected chi connectivity index (χ0v) is 17.3. The van der Waals surface area contributed by atoms with Gasteiger partial charge in [-0.2, -0.15) is 0 Å². The molecular weight excluding hydrogens is 388 g/mol. The van der Waals surface area contributed by atoms with Crippen molar-refractivity contribution in [2.75, 3.05) is 24.8 Å². The number of hydrogen-bond acceptors (Lipinski definition) is 6. The summed E-state index contributed by atoms with van der Waals surface area (Å²) >= 11 is 1.39. The number of esters is 1. The fraction of sp³-hybridized carbons (Fsp3) is 0.227. The third kappa shape index (κ3) is 5.26. The molecule has 3 rings (SSSR count). The maximum atomic E-state index is 12.3. The van der Waals surface area contributed by atoms with Gasteiger partial charge in [-0.05, 0) is 67.9 Å². The number of aryl methyl sites for hydroxylation is 1. The van der Waals surface area contributed by atoms with E-state index in [9.17, 15) is 9.59 Å². The number of thioether (sulfide) groups is 1. The van der Waals surface area contributed by atoms with Crippen LogP contribution >= 0.6 is 11.8 Å². The summed E-state index contributed by atoms with van der Waals surface area (Å²) in [6.45, 7) is 4.55. The van der Waals surface area contributed by atoms with E-state index in [1.54, 1.807) is 24.3 Å². The largest absolute Gasteiger partial charge is 0.494 e. The summed E-state index contributed by atoms with van der Waals surface area (Å²) in [6.07, 6.45) is 0. The van der Waals surface area contributed by atoms with Crippen molar-refractivity contribution in [1.29, 1.82) is 0 Å². The summed E-state index contributed by atoms with van der Waals surface area (Å²) in [5.41, 5.74) is 2.92. The van der Waals surface area contributed by atoms with Gasteiger partial charge in [-0.1, -0.05) is 11.8 Å². The molecule has 0 unspecified atom stereocenters. The van der Waals surface area contributed by atoms with Gasteiger partial charge in [0, 0.05) is 11.1 Å². The van der Waals surface area contributed by atoms with Crippen molar-refractivity contribution in [2.45, 2.75) is 18.9 Å². The molecule has 0 aliphatic heterocycles. The molecule has 0 atom stereocenters. The molecule has 0 fully saturated rings. The van der Waals surface area contributed by atoms with Gasteiger partial charge in [0.15, 0.2) is 0 Å². The Bertz CT molecular complexity index is 1030. The summed E-state index contributed by atoms with van der Waals surface area (Å²) in [5, 5.41) is 4.64. The first kappa shape index (κ1) is 20.7. The molecule has 2 aromatic carbocycles. The molecule has 0 spiro atoms. The number of rotatable bonds is 7. The SMILES string of the molecule is CCOc1ccc2nc(SCC(=O)Nc3ccc(C(=O)OC)cc3)c(C)cc2c1. The van der Waals surface area contributed by atoms with Gasteiger partial charge in [-0.15, -0.1) is 0 Å². The number of nitrogens with one attached hydrogen (secondary N) is 1. The van der Waals surface area contributed by atoms with Gasteiger partial charge in [0.2, 0.25) is 5.91 Å². The van der Waals surface area contributed by atoms with Gasteiger partial charge in [0.05, 0.1) is 30.5 Å². The molecule has 1 aromatic heterocycles. The number of nitrogens with zero attached hydrogens (tertiary/aromatic N) is 1. The Kier molecular flexibility index (Phi) is 6.72. The molecule has 7 heteroatoms. The number of carbonyl (C=O) groups is 2. The summed E-state index contributed by atoms with van der Waals surface area (Å²) in [4.78, 5) is 28.4. The minimum Gasteiger partial charge on any atom is -0.494 e. The van der Waals surface area contributed by atoms with Crippen molar-refractivity contribution >= 4 is 40.2 Å². The van der Waals surface area contributed by atoms with Gasteiger partial charge in [-0.25, -0.2) is 9.78 Å². The van der Waals surface area contributed by atoms with E-state index in [2.05, 4.69) is 21.1 Å². The van der Waals surface area contributed by atoms with E-state index in [-0.39, 0.29) is 11.7 Å². The zero-order valence-electron chi connectivity index (χ0n) is 16.5. The van der Waals surface area contributed by atoms with Crippen LogP contribution in [0.15, 0.2) is 53.6 Å². The standard InChI is InChI=1S/C22H22N2O4S/c1-4-28-18-9-10-19-16(12-18)11-14(2)21(24-19)29-13-20(25)23-17-7-5-15(6-8-17)22(26)27-3/h5-12H,4,13H2,1-3H3,(H,23,25). The predicted octanol–water partition coefficient (Wildman–Crippen LogP) is 4.46. The Morgan fingerprint density at radius 2 is 1.86 bits per heavy atom. The normalized spacial score (nSPS) is 10.6. The molecule has 0 aliphatic carbocycles. The smallest absolute Gasteiger partial charge is 0.337 e. The Hall–Kier alpha value is -3.06. The first-order chi connectivity index (χ1) is 14.0. The van der Waals surface area contributed by atoms with Crippen LogP contribution in [-0.4, -0.2) is 36.3 Å². The number of hydrogen-bond donors (Lipinski definition) is 1. The number of carbonyl (C=O) groups excluding carboxylic acids is 2. The molecule has 3 aromatic rings. The van der Waals surface area contributed by atoms with Crippen LogP contribution in [0.2, 0.25) is 0 Å². The lowest BCUT2D eigenvalue weighted by molar-refractivity contribution is -0.113. The fourth-order valence-electron chi connectivity index (χ4n) is 2.78. The van der Waals surface area contributed by atoms with Gasteiger partial charge in [-0.3, -0.25) is 4.79 Å². The van der Waals surface area contributed by atoms with Crippen LogP contribution < -0.4 is 10.1 Å². The van der Waals surface area contributed by atoms with Crippen molar-refractivity contribution in [1.82, 2.24) is 4.98 Å². The molecule has 0 saturated heterocycles. The molecule has 1 heterocycles. The highest BCUT2D eigenvalue weighted by Gasteiger charge is 2.10. The maximum Gasteiger partial charge on any atom is 0.337 e. The van der Waals surface area contributed by atoms with Crippen LogP contribution in [0.3, 0.4) is 0 Å². The van der Waals surface area contributed by atoms with Crippen molar-refractivity contribution in [3.8, 4) is 5.75 Å².